The smallest absolute Gasteiger partial charge is 0.278 e. The monoisotopic (exact) mass is 343 g/mol. The quantitative estimate of drug-likeness (QED) is 0.699. The van der Waals surface area contributed by atoms with Crippen LogP contribution in [0, 0.1) is 0 Å². The highest BCUT2D eigenvalue weighted by molar-refractivity contribution is 9.10. The van der Waals surface area contributed by atoms with Gasteiger partial charge < -0.3 is 10.4 Å². The fraction of sp³-hybridized carbons (Fsp3) is 0. The molecule has 0 aliphatic heterocycles. The third-order valence-electron chi connectivity index (χ3n) is 2.94. The number of anilines is 1. The lowest BCUT2D eigenvalue weighted by Crippen LogP contribution is -2.14. The Morgan fingerprint density at radius 1 is 1.14 bits per heavy atom. The lowest BCUT2D eigenvalue weighted by molar-refractivity contribution is 0.101. The SMILES string of the molecule is O=C(Nc1ccccc1)c1nc(Br)c2cccnc2c1O. The predicted octanol–water partition coefficient (Wildman–Crippen LogP) is 3.35. The summed E-state index contributed by atoms with van der Waals surface area (Å²) >= 11 is 3.29. The van der Waals surface area contributed by atoms with Crippen molar-refractivity contribution in [3.05, 3.63) is 59.0 Å². The number of fused-ring (bicyclic) bond motifs is 1. The largest absolute Gasteiger partial charge is 0.504 e. The molecule has 21 heavy (non-hydrogen) atoms. The van der Waals surface area contributed by atoms with Gasteiger partial charge in [0.15, 0.2) is 11.4 Å². The number of benzene rings is 1. The minimum absolute atomic E-state index is 0.0723. The standard InChI is InChI=1S/C15H10BrN3O2/c16-14-10-7-4-8-17-11(10)13(20)12(19-14)15(21)18-9-5-2-1-3-6-9/h1-8,20H,(H,18,21). The number of carbonyl (C=O) groups is 1. The third kappa shape index (κ3) is 2.57. The van der Waals surface area contributed by atoms with Crippen LogP contribution in [-0.4, -0.2) is 21.0 Å². The molecule has 3 rings (SSSR count). The van der Waals surface area contributed by atoms with Crippen molar-refractivity contribution in [1.29, 1.82) is 0 Å². The van der Waals surface area contributed by atoms with Crippen LogP contribution in [0.15, 0.2) is 53.3 Å². The molecule has 0 aliphatic carbocycles. The summed E-state index contributed by atoms with van der Waals surface area (Å²) in [5, 5.41) is 13.5. The van der Waals surface area contributed by atoms with E-state index in [2.05, 4.69) is 31.2 Å². The van der Waals surface area contributed by atoms with Gasteiger partial charge in [-0.25, -0.2) is 4.98 Å². The van der Waals surface area contributed by atoms with Crippen LogP contribution in [-0.2, 0) is 0 Å². The molecule has 5 nitrogen and oxygen atoms in total. The average molecular weight is 344 g/mol. The van der Waals surface area contributed by atoms with E-state index in [1.54, 1.807) is 42.6 Å². The molecule has 0 atom stereocenters. The summed E-state index contributed by atoms with van der Waals surface area (Å²) < 4.78 is 0.460. The van der Waals surface area contributed by atoms with Gasteiger partial charge in [-0.1, -0.05) is 18.2 Å². The van der Waals surface area contributed by atoms with Gasteiger partial charge in [0.1, 0.15) is 10.1 Å². The maximum absolute atomic E-state index is 12.2. The van der Waals surface area contributed by atoms with Crippen LogP contribution in [0.25, 0.3) is 10.9 Å². The molecule has 3 aromatic rings. The van der Waals surface area contributed by atoms with E-state index in [1.807, 2.05) is 6.07 Å². The number of carbonyl (C=O) groups excluding carboxylic acids is 1. The normalized spacial score (nSPS) is 10.5. The number of pyridine rings is 2. The number of amides is 1. The average Bonchev–Trinajstić information content (AvgIpc) is 2.52. The molecule has 0 bridgehead atoms. The van der Waals surface area contributed by atoms with Crippen molar-refractivity contribution in [3.8, 4) is 5.75 Å². The van der Waals surface area contributed by atoms with Gasteiger partial charge in [-0.3, -0.25) is 9.78 Å². The second-order valence-electron chi connectivity index (χ2n) is 4.32. The van der Waals surface area contributed by atoms with Gasteiger partial charge >= 0.3 is 0 Å². The van der Waals surface area contributed by atoms with Crippen molar-refractivity contribution >= 4 is 38.4 Å². The number of aromatic hydroxyl groups is 1. The number of hydrogen-bond acceptors (Lipinski definition) is 4. The lowest BCUT2D eigenvalue weighted by atomic mass is 10.2. The molecule has 0 spiro atoms. The van der Waals surface area contributed by atoms with Crippen LogP contribution < -0.4 is 5.32 Å². The van der Waals surface area contributed by atoms with Crippen LogP contribution in [0.5, 0.6) is 5.75 Å². The molecule has 0 saturated carbocycles. The molecule has 0 radical (unpaired) electrons. The summed E-state index contributed by atoms with van der Waals surface area (Å²) in [5.41, 5.74) is 0.885. The molecule has 2 heterocycles. The molecular formula is C15H10BrN3O2. The Labute approximate surface area is 128 Å². The van der Waals surface area contributed by atoms with Gasteiger partial charge in [-0.15, -0.1) is 0 Å². The first-order valence-corrected chi connectivity index (χ1v) is 6.95. The Morgan fingerprint density at radius 3 is 2.67 bits per heavy atom. The van der Waals surface area contributed by atoms with Crippen molar-refractivity contribution in [2.24, 2.45) is 0 Å². The minimum Gasteiger partial charge on any atom is -0.504 e. The van der Waals surface area contributed by atoms with Gasteiger partial charge in [-0.05, 0) is 40.2 Å². The van der Waals surface area contributed by atoms with E-state index in [0.29, 0.717) is 21.2 Å². The zero-order valence-corrected chi connectivity index (χ0v) is 12.3. The van der Waals surface area contributed by atoms with Gasteiger partial charge in [0, 0.05) is 17.3 Å². The van der Waals surface area contributed by atoms with Gasteiger partial charge in [0.25, 0.3) is 5.91 Å². The van der Waals surface area contributed by atoms with Crippen molar-refractivity contribution in [2.75, 3.05) is 5.32 Å². The summed E-state index contributed by atoms with van der Waals surface area (Å²) in [7, 11) is 0. The molecule has 0 saturated heterocycles. The van der Waals surface area contributed by atoms with Crippen molar-refractivity contribution < 1.29 is 9.90 Å². The van der Waals surface area contributed by atoms with Crippen molar-refractivity contribution in [1.82, 2.24) is 9.97 Å². The predicted molar refractivity (Wildman–Crippen MR) is 83.3 cm³/mol. The van der Waals surface area contributed by atoms with Crippen LogP contribution >= 0.6 is 15.9 Å². The summed E-state index contributed by atoms with van der Waals surface area (Å²) in [6, 6.07) is 12.5. The van der Waals surface area contributed by atoms with Gasteiger partial charge in [0.05, 0.1) is 0 Å². The second-order valence-corrected chi connectivity index (χ2v) is 5.07. The van der Waals surface area contributed by atoms with Crippen LogP contribution in [0.4, 0.5) is 5.69 Å². The lowest BCUT2D eigenvalue weighted by Gasteiger charge is -2.09. The molecule has 1 aromatic carbocycles. The van der Waals surface area contributed by atoms with E-state index >= 15 is 0 Å². The Hall–Kier alpha value is -2.47. The molecule has 6 heteroatoms. The number of para-hydroxylation sites is 1. The maximum Gasteiger partial charge on any atom is 0.278 e. The molecule has 2 N–H and O–H groups in total. The molecule has 0 aliphatic rings. The van der Waals surface area contributed by atoms with Gasteiger partial charge in [-0.2, -0.15) is 0 Å². The Kier molecular flexibility index (Phi) is 3.53. The Balaban J connectivity index is 2.04. The highest BCUT2D eigenvalue weighted by Crippen LogP contribution is 2.30. The van der Waals surface area contributed by atoms with E-state index in [0.717, 1.165) is 0 Å². The molecule has 1 amide bonds. The molecule has 2 aromatic heterocycles. The fourth-order valence-electron chi connectivity index (χ4n) is 1.95. The van der Waals surface area contributed by atoms with E-state index < -0.39 is 5.91 Å². The summed E-state index contributed by atoms with van der Waals surface area (Å²) in [4.78, 5) is 20.5. The first-order chi connectivity index (χ1) is 10.2. The zero-order valence-electron chi connectivity index (χ0n) is 10.7. The first kappa shape index (κ1) is 13.5. The fourth-order valence-corrected chi connectivity index (χ4v) is 2.45. The number of hydrogen-bond donors (Lipinski definition) is 2. The Morgan fingerprint density at radius 2 is 1.90 bits per heavy atom. The summed E-state index contributed by atoms with van der Waals surface area (Å²) in [5.74, 6) is -0.728. The van der Waals surface area contributed by atoms with Crippen LogP contribution in [0.2, 0.25) is 0 Å². The number of aromatic nitrogens is 2. The van der Waals surface area contributed by atoms with Crippen molar-refractivity contribution in [3.63, 3.8) is 0 Å². The van der Waals surface area contributed by atoms with E-state index in [-0.39, 0.29) is 11.4 Å². The number of rotatable bonds is 2. The van der Waals surface area contributed by atoms with E-state index in [9.17, 15) is 9.90 Å². The molecule has 0 unspecified atom stereocenters. The van der Waals surface area contributed by atoms with Crippen LogP contribution in [0.3, 0.4) is 0 Å². The molecule has 0 fully saturated rings. The second kappa shape index (κ2) is 5.49. The summed E-state index contributed by atoms with van der Waals surface area (Å²) in [6.07, 6.45) is 1.55. The van der Waals surface area contributed by atoms with Gasteiger partial charge in [0.2, 0.25) is 0 Å². The van der Waals surface area contributed by atoms with E-state index in [1.165, 1.54) is 0 Å². The Bertz CT molecular complexity index is 822. The number of halogens is 1. The van der Waals surface area contributed by atoms with Crippen LogP contribution in [0.1, 0.15) is 10.5 Å². The highest BCUT2D eigenvalue weighted by atomic mass is 79.9. The van der Waals surface area contributed by atoms with Crippen molar-refractivity contribution in [2.45, 2.75) is 0 Å². The first-order valence-electron chi connectivity index (χ1n) is 6.16. The molecule has 104 valence electrons. The van der Waals surface area contributed by atoms with E-state index in [4.69, 9.17) is 0 Å². The zero-order chi connectivity index (χ0) is 14.8. The summed E-state index contributed by atoms with van der Waals surface area (Å²) in [6.45, 7) is 0. The third-order valence-corrected chi connectivity index (χ3v) is 3.54. The topological polar surface area (TPSA) is 75.1 Å². The minimum atomic E-state index is -0.494. The number of nitrogens with zero attached hydrogens (tertiary/aromatic N) is 2. The highest BCUT2D eigenvalue weighted by Gasteiger charge is 2.19. The molecular weight excluding hydrogens is 334 g/mol. The maximum atomic E-state index is 12.2. The number of nitrogens with one attached hydrogen (secondary N) is 1.